The molecule has 1 N–H and O–H groups in total. The van der Waals surface area contributed by atoms with Gasteiger partial charge < -0.3 is 24.4 Å². The summed E-state index contributed by atoms with van der Waals surface area (Å²) in [5.74, 6) is 1.19. The highest BCUT2D eigenvalue weighted by Crippen LogP contribution is 2.32. The highest BCUT2D eigenvalue weighted by Gasteiger charge is 2.17. The summed E-state index contributed by atoms with van der Waals surface area (Å²) in [5, 5.41) is 3.36. The number of nitrogens with one attached hydrogen (secondary N) is 1. The van der Waals surface area contributed by atoms with Gasteiger partial charge in [-0.3, -0.25) is 4.99 Å². The third kappa shape index (κ3) is 4.58. The van der Waals surface area contributed by atoms with Crippen LogP contribution in [0.15, 0.2) is 71.7 Å². The van der Waals surface area contributed by atoms with Crippen molar-refractivity contribution in [3.8, 4) is 17.2 Å². The molecule has 5 rings (SSSR count). The fourth-order valence-corrected chi connectivity index (χ4v) is 3.63. The standard InChI is InChI=1S/C25H23N3O4/c29-25(19-3-10-23-24(15-19)31-17-30-23)32-22-8-1-18(2-9-22)16-27-20-4-6-21(7-5-20)28-13-11-26-12-14-28/h1-10,15-16,26H,11-14,17H2. The maximum atomic E-state index is 12.4. The minimum absolute atomic E-state index is 0.164. The summed E-state index contributed by atoms with van der Waals surface area (Å²) in [5.41, 5.74) is 3.43. The molecule has 0 unspecified atom stereocenters. The van der Waals surface area contributed by atoms with E-state index in [-0.39, 0.29) is 6.79 Å². The predicted octanol–water partition coefficient (Wildman–Crippen LogP) is 3.79. The van der Waals surface area contributed by atoms with Crippen LogP contribution in [0.1, 0.15) is 15.9 Å². The van der Waals surface area contributed by atoms with Crippen LogP contribution in [0.5, 0.6) is 17.2 Å². The van der Waals surface area contributed by atoms with Crippen LogP contribution in [0.4, 0.5) is 11.4 Å². The first-order valence-electron chi connectivity index (χ1n) is 10.6. The molecule has 3 aromatic rings. The van der Waals surface area contributed by atoms with E-state index in [1.165, 1.54) is 5.69 Å². The van der Waals surface area contributed by atoms with Gasteiger partial charge in [-0.05, 0) is 72.3 Å². The monoisotopic (exact) mass is 429 g/mol. The second kappa shape index (κ2) is 9.11. The third-order valence-corrected chi connectivity index (χ3v) is 5.39. The van der Waals surface area contributed by atoms with Gasteiger partial charge in [-0.25, -0.2) is 4.79 Å². The Kier molecular flexibility index (Phi) is 5.72. The lowest BCUT2D eigenvalue weighted by Crippen LogP contribution is -2.43. The quantitative estimate of drug-likeness (QED) is 0.378. The van der Waals surface area contributed by atoms with Crippen LogP contribution < -0.4 is 24.4 Å². The van der Waals surface area contributed by atoms with Crippen molar-refractivity contribution in [2.75, 3.05) is 37.9 Å². The first-order chi connectivity index (χ1) is 15.7. The van der Waals surface area contributed by atoms with E-state index in [0.29, 0.717) is 22.8 Å². The number of nitrogens with zero attached hydrogens (tertiary/aromatic N) is 2. The van der Waals surface area contributed by atoms with Crippen molar-refractivity contribution in [1.29, 1.82) is 0 Å². The third-order valence-electron chi connectivity index (χ3n) is 5.39. The molecule has 2 aliphatic heterocycles. The number of hydrogen-bond donors (Lipinski definition) is 1. The summed E-state index contributed by atoms with van der Waals surface area (Å²) >= 11 is 0. The molecule has 0 radical (unpaired) electrons. The Labute approximate surface area is 186 Å². The minimum atomic E-state index is -0.450. The summed E-state index contributed by atoms with van der Waals surface area (Å²) in [4.78, 5) is 19.3. The molecule has 2 aliphatic rings. The van der Waals surface area contributed by atoms with Gasteiger partial charge in [-0.1, -0.05) is 0 Å². The smallest absolute Gasteiger partial charge is 0.343 e. The van der Waals surface area contributed by atoms with E-state index in [4.69, 9.17) is 14.2 Å². The van der Waals surface area contributed by atoms with Gasteiger partial charge in [0.05, 0.1) is 11.3 Å². The van der Waals surface area contributed by atoms with Crippen LogP contribution >= 0.6 is 0 Å². The number of esters is 1. The average molecular weight is 429 g/mol. The van der Waals surface area contributed by atoms with Crippen LogP contribution in [0.25, 0.3) is 0 Å². The fourth-order valence-electron chi connectivity index (χ4n) is 3.63. The number of fused-ring (bicyclic) bond motifs is 1. The Bertz CT molecular complexity index is 1120. The van der Waals surface area contributed by atoms with Gasteiger partial charge in [0.25, 0.3) is 0 Å². The molecule has 3 aromatic carbocycles. The molecule has 1 saturated heterocycles. The Hall–Kier alpha value is -3.84. The molecule has 32 heavy (non-hydrogen) atoms. The van der Waals surface area contributed by atoms with Gasteiger partial charge in [-0.15, -0.1) is 0 Å². The maximum absolute atomic E-state index is 12.4. The second-order valence-corrected chi connectivity index (χ2v) is 7.54. The second-order valence-electron chi connectivity index (χ2n) is 7.54. The van der Waals surface area contributed by atoms with E-state index in [0.717, 1.165) is 37.4 Å². The molecule has 0 bridgehead atoms. The molecule has 1 fully saturated rings. The number of anilines is 1. The van der Waals surface area contributed by atoms with Crippen molar-refractivity contribution in [3.63, 3.8) is 0 Å². The number of carbonyl (C=O) groups excluding carboxylic acids is 1. The molecular formula is C25H23N3O4. The molecule has 0 aromatic heterocycles. The minimum Gasteiger partial charge on any atom is -0.454 e. The van der Waals surface area contributed by atoms with E-state index < -0.39 is 5.97 Å². The zero-order valence-corrected chi connectivity index (χ0v) is 17.5. The van der Waals surface area contributed by atoms with Crippen molar-refractivity contribution in [1.82, 2.24) is 5.32 Å². The first kappa shape index (κ1) is 20.1. The number of benzene rings is 3. The summed E-state index contributed by atoms with van der Waals surface area (Å²) in [6.45, 7) is 4.24. The highest BCUT2D eigenvalue weighted by molar-refractivity contribution is 5.92. The molecule has 162 valence electrons. The van der Waals surface area contributed by atoms with E-state index in [2.05, 4.69) is 27.3 Å². The summed E-state index contributed by atoms with van der Waals surface area (Å²) in [7, 11) is 0. The van der Waals surface area contributed by atoms with Crippen LogP contribution in [-0.2, 0) is 0 Å². The number of carbonyl (C=O) groups is 1. The van der Waals surface area contributed by atoms with Gasteiger partial charge in [0.15, 0.2) is 11.5 Å². The Morgan fingerprint density at radius 3 is 2.47 bits per heavy atom. The van der Waals surface area contributed by atoms with Crippen molar-refractivity contribution < 1.29 is 19.0 Å². The molecule has 0 spiro atoms. The Morgan fingerprint density at radius 2 is 1.69 bits per heavy atom. The average Bonchev–Trinajstić information content (AvgIpc) is 3.32. The van der Waals surface area contributed by atoms with E-state index in [1.807, 2.05) is 24.3 Å². The fraction of sp³-hybridized carbons (Fsp3) is 0.200. The molecular weight excluding hydrogens is 406 g/mol. The normalized spacial score (nSPS) is 15.2. The van der Waals surface area contributed by atoms with Crippen LogP contribution in [-0.4, -0.2) is 45.2 Å². The lowest BCUT2D eigenvalue weighted by Gasteiger charge is -2.29. The topological polar surface area (TPSA) is 72.4 Å². The summed E-state index contributed by atoms with van der Waals surface area (Å²) in [6, 6.07) is 20.5. The highest BCUT2D eigenvalue weighted by atomic mass is 16.7. The van der Waals surface area contributed by atoms with E-state index in [9.17, 15) is 4.79 Å². The first-order valence-corrected chi connectivity index (χ1v) is 10.6. The van der Waals surface area contributed by atoms with Gasteiger partial charge in [0, 0.05) is 38.1 Å². The Balaban J connectivity index is 1.19. The Morgan fingerprint density at radius 1 is 0.938 bits per heavy atom. The van der Waals surface area contributed by atoms with E-state index in [1.54, 1.807) is 36.5 Å². The van der Waals surface area contributed by atoms with Crippen molar-refractivity contribution in [2.45, 2.75) is 0 Å². The molecule has 2 heterocycles. The molecule has 0 saturated carbocycles. The van der Waals surface area contributed by atoms with E-state index >= 15 is 0 Å². The SMILES string of the molecule is O=C(Oc1ccc(C=Nc2ccc(N3CCNCC3)cc2)cc1)c1ccc2c(c1)OCO2. The van der Waals surface area contributed by atoms with Gasteiger partial charge in [0.2, 0.25) is 6.79 Å². The zero-order chi connectivity index (χ0) is 21.8. The van der Waals surface area contributed by atoms with Crippen molar-refractivity contribution in [2.24, 2.45) is 4.99 Å². The summed E-state index contributed by atoms with van der Waals surface area (Å²) in [6.07, 6.45) is 1.79. The zero-order valence-electron chi connectivity index (χ0n) is 17.5. The maximum Gasteiger partial charge on any atom is 0.343 e. The predicted molar refractivity (Wildman–Crippen MR) is 123 cm³/mol. The number of aliphatic imine (C=N–C) groups is 1. The van der Waals surface area contributed by atoms with Crippen LogP contribution in [0.2, 0.25) is 0 Å². The van der Waals surface area contributed by atoms with Crippen molar-refractivity contribution in [3.05, 3.63) is 77.9 Å². The largest absolute Gasteiger partial charge is 0.454 e. The number of ether oxygens (including phenoxy) is 3. The number of hydrogen-bond acceptors (Lipinski definition) is 7. The molecule has 0 aliphatic carbocycles. The number of piperazine rings is 1. The lowest BCUT2D eigenvalue weighted by atomic mass is 10.2. The van der Waals surface area contributed by atoms with Crippen molar-refractivity contribution >= 4 is 23.6 Å². The molecule has 0 atom stereocenters. The summed E-state index contributed by atoms with van der Waals surface area (Å²) < 4.78 is 16.0. The van der Waals surface area contributed by atoms with Gasteiger partial charge in [-0.2, -0.15) is 0 Å². The van der Waals surface area contributed by atoms with Crippen LogP contribution in [0.3, 0.4) is 0 Å². The van der Waals surface area contributed by atoms with Crippen LogP contribution in [0, 0.1) is 0 Å². The van der Waals surface area contributed by atoms with Gasteiger partial charge >= 0.3 is 5.97 Å². The molecule has 0 amide bonds. The lowest BCUT2D eigenvalue weighted by molar-refractivity contribution is 0.0734. The van der Waals surface area contributed by atoms with Gasteiger partial charge in [0.1, 0.15) is 5.75 Å². The molecule has 7 nitrogen and oxygen atoms in total. The molecule has 7 heteroatoms. The number of rotatable bonds is 5.